The first kappa shape index (κ1) is 17.7. The third kappa shape index (κ3) is 6.25. The summed E-state index contributed by atoms with van der Waals surface area (Å²) in [5, 5.41) is 12.8. The van der Waals surface area contributed by atoms with Crippen molar-refractivity contribution in [1.29, 1.82) is 0 Å². The van der Waals surface area contributed by atoms with E-state index in [1.165, 1.54) is 25.7 Å². The Hall–Kier alpha value is -0.610. The molecule has 0 bridgehead atoms. The van der Waals surface area contributed by atoms with Gasteiger partial charge < -0.3 is 10.4 Å². The standard InChI is InChI=1S/C18H34N2O2/c1-13(7-8-18(2,3)4)19-15-9-16(10-15)20(12-17(21)22)11-14-5-6-14/h13-16,19H,5-12H2,1-4H3,(H,21,22). The number of nitrogens with one attached hydrogen (secondary N) is 1. The predicted octanol–water partition coefficient (Wildman–Crippen LogP) is 3.12. The molecule has 128 valence electrons. The lowest BCUT2D eigenvalue weighted by molar-refractivity contribution is -0.139. The summed E-state index contributed by atoms with van der Waals surface area (Å²) in [5.41, 5.74) is 0.403. The Morgan fingerprint density at radius 3 is 2.45 bits per heavy atom. The zero-order chi connectivity index (χ0) is 16.3. The normalized spacial score (nSPS) is 26.8. The summed E-state index contributed by atoms with van der Waals surface area (Å²) in [6.07, 6.45) is 7.25. The van der Waals surface area contributed by atoms with Crippen LogP contribution in [-0.2, 0) is 4.79 Å². The van der Waals surface area contributed by atoms with Crippen LogP contribution in [0.15, 0.2) is 0 Å². The molecule has 0 heterocycles. The zero-order valence-electron chi connectivity index (χ0n) is 14.8. The van der Waals surface area contributed by atoms with Crippen molar-refractivity contribution in [3.63, 3.8) is 0 Å². The molecule has 0 spiro atoms. The van der Waals surface area contributed by atoms with Gasteiger partial charge in [0.25, 0.3) is 0 Å². The van der Waals surface area contributed by atoms with E-state index in [0.29, 0.717) is 23.5 Å². The number of carbonyl (C=O) groups is 1. The van der Waals surface area contributed by atoms with Crippen LogP contribution in [0.3, 0.4) is 0 Å². The second kappa shape index (κ2) is 7.31. The SMILES string of the molecule is CC(CCC(C)(C)C)NC1CC(N(CC(=O)O)CC2CC2)C1. The van der Waals surface area contributed by atoms with Crippen molar-refractivity contribution in [3.05, 3.63) is 0 Å². The van der Waals surface area contributed by atoms with Crippen LogP contribution in [0.2, 0.25) is 0 Å². The molecule has 2 rings (SSSR count). The van der Waals surface area contributed by atoms with E-state index in [9.17, 15) is 4.79 Å². The van der Waals surface area contributed by atoms with E-state index < -0.39 is 5.97 Å². The Morgan fingerprint density at radius 2 is 1.95 bits per heavy atom. The number of nitrogens with zero attached hydrogens (tertiary/aromatic N) is 1. The molecule has 2 fully saturated rings. The molecule has 2 aliphatic carbocycles. The number of hydrogen-bond donors (Lipinski definition) is 2. The topological polar surface area (TPSA) is 52.6 Å². The van der Waals surface area contributed by atoms with Crippen LogP contribution in [-0.4, -0.2) is 47.2 Å². The van der Waals surface area contributed by atoms with Gasteiger partial charge in [0.2, 0.25) is 0 Å². The summed E-state index contributed by atoms with van der Waals surface area (Å²) >= 11 is 0. The summed E-state index contributed by atoms with van der Waals surface area (Å²) in [4.78, 5) is 13.2. The van der Waals surface area contributed by atoms with Crippen molar-refractivity contribution < 1.29 is 9.90 Å². The average molecular weight is 310 g/mol. The maximum Gasteiger partial charge on any atom is 0.317 e. The van der Waals surface area contributed by atoms with Gasteiger partial charge in [-0.2, -0.15) is 0 Å². The van der Waals surface area contributed by atoms with Crippen LogP contribution in [0.1, 0.15) is 66.2 Å². The molecule has 0 amide bonds. The molecule has 4 heteroatoms. The molecule has 1 unspecified atom stereocenters. The summed E-state index contributed by atoms with van der Waals surface area (Å²) < 4.78 is 0. The maximum absolute atomic E-state index is 11.0. The quantitative estimate of drug-likeness (QED) is 0.687. The fourth-order valence-electron chi connectivity index (χ4n) is 3.31. The lowest BCUT2D eigenvalue weighted by atomic mass is 9.83. The van der Waals surface area contributed by atoms with Crippen molar-refractivity contribution in [3.8, 4) is 0 Å². The Kier molecular flexibility index (Phi) is 5.89. The smallest absolute Gasteiger partial charge is 0.317 e. The van der Waals surface area contributed by atoms with Gasteiger partial charge in [0.1, 0.15) is 0 Å². The number of rotatable bonds is 9. The van der Waals surface area contributed by atoms with E-state index >= 15 is 0 Å². The highest BCUT2D eigenvalue weighted by molar-refractivity contribution is 5.69. The monoisotopic (exact) mass is 310 g/mol. The third-order valence-corrected chi connectivity index (χ3v) is 5.01. The van der Waals surface area contributed by atoms with Crippen LogP contribution in [0.5, 0.6) is 0 Å². The molecule has 0 aromatic carbocycles. The minimum atomic E-state index is -0.685. The molecule has 22 heavy (non-hydrogen) atoms. The molecule has 0 aromatic heterocycles. The fourth-order valence-corrected chi connectivity index (χ4v) is 3.31. The highest BCUT2D eigenvalue weighted by Gasteiger charge is 2.37. The summed E-state index contributed by atoms with van der Waals surface area (Å²) in [6, 6.07) is 1.61. The van der Waals surface area contributed by atoms with E-state index in [1.54, 1.807) is 0 Å². The Bertz CT molecular complexity index is 368. The van der Waals surface area contributed by atoms with E-state index in [4.69, 9.17) is 5.11 Å². The van der Waals surface area contributed by atoms with E-state index in [-0.39, 0.29) is 6.54 Å². The van der Waals surface area contributed by atoms with Gasteiger partial charge in [0.05, 0.1) is 6.54 Å². The summed E-state index contributed by atoms with van der Waals surface area (Å²) in [5.74, 6) is 0.0765. The minimum Gasteiger partial charge on any atom is -0.480 e. The van der Waals surface area contributed by atoms with Crippen molar-refractivity contribution in [2.24, 2.45) is 11.3 Å². The van der Waals surface area contributed by atoms with Gasteiger partial charge in [-0.05, 0) is 56.8 Å². The van der Waals surface area contributed by atoms with Crippen LogP contribution >= 0.6 is 0 Å². The Balaban J connectivity index is 1.67. The third-order valence-electron chi connectivity index (χ3n) is 5.01. The Morgan fingerprint density at radius 1 is 1.32 bits per heavy atom. The molecule has 4 nitrogen and oxygen atoms in total. The van der Waals surface area contributed by atoms with Crippen LogP contribution in [0.4, 0.5) is 0 Å². The minimum absolute atomic E-state index is 0.216. The molecule has 2 saturated carbocycles. The van der Waals surface area contributed by atoms with Crippen LogP contribution in [0.25, 0.3) is 0 Å². The number of carboxylic acids is 1. The summed E-state index contributed by atoms with van der Waals surface area (Å²) in [7, 11) is 0. The molecule has 0 radical (unpaired) electrons. The summed E-state index contributed by atoms with van der Waals surface area (Å²) in [6.45, 7) is 10.4. The first-order chi connectivity index (χ1) is 10.2. The molecular weight excluding hydrogens is 276 g/mol. The van der Waals surface area contributed by atoms with Crippen LogP contribution < -0.4 is 5.32 Å². The zero-order valence-corrected chi connectivity index (χ0v) is 14.8. The first-order valence-electron chi connectivity index (χ1n) is 8.95. The van der Waals surface area contributed by atoms with Crippen molar-refractivity contribution in [1.82, 2.24) is 10.2 Å². The molecule has 0 aromatic rings. The Labute approximate surface area is 135 Å². The van der Waals surface area contributed by atoms with Crippen LogP contribution in [0, 0.1) is 11.3 Å². The molecular formula is C18H34N2O2. The highest BCUT2D eigenvalue weighted by atomic mass is 16.4. The van der Waals surface area contributed by atoms with E-state index in [0.717, 1.165) is 25.3 Å². The highest BCUT2D eigenvalue weighted by Crippen LogP contribution is 2.34. The van der Waals surface area contributed by atoms with Gasteiger partial charge in [-0.25, -0.2) is 0 Å². The van der Waals surface area contributed by atoms with Gasteiger partial charge in [0.15, 0.2) is 0 Å². The molecule has 2 aliphatic rings. The van der Waals surface area contributed by atoms with E-state index in [2.05, 4.69) is 37.9 Å². The fraction of sp³-hybridized carbons (Fsp3) is 0.944. The number of hydrogen-bond acceptors (Lipinski definition) is 3. The van der Waals surface area contributed by atoms with Gasteiger partial charge in [0, 0.05) is 24.7 Å². The van der Waals surface area contributed by atoms with Crippen molar-refractivity contribution in [2.45, 2.75) is 84.3 Å². The second-order valence-electron chi connectivity index (χ2n) is 8.76. The first-order valence-corrected chi connectivity index (χ1v) is 8.95. The predicted molar refractivity (Wildman–Crippen MR) is 90.0 cm³/mol. The largest absolute Gasteiger partial charge is 0.480 e. The van der Waals surface area contributed by atoms with Gasteiger partial charge in [-0.3, -0.25) is 9.69 Å². The lowest BCUT2D eigenvalue weighted by Gasteiger charge is -2.44. The van der Waals surface area contributed by atoms with Crippen molar-refractivity contribution >= 4 is 5.97 Å². The van der Waals surface area contributed by atoms with E-state index in [1.807, 2.05) is 0 Å². The second-order valence-corrected chi connectivity index (χ2v) is 8.76. The average Bonchev–Trinajstić information content (AvgIpc) is 3.12. The lowest BCUT2D eigenvalue weighted by Crippen LogP contribution is -2.55. The van der Waals surface area contributed by atoms with Gasteiger partial charge >= 0.3 is 5.97 Å². The molecule has 0 saturated heterocycles. The number of carboxylic acid groups (broad SMARTS) is 1. The van der Waals surface area contributed by atoms with Gasteiger partial charge in [-0.15, -0.1) is 0 Å². The molecule has 0 aliphatic heterocycles. The van der Waals surface area contributed by atoms with Crippen molar-refractivity contribution in [2.75, 3.05) is 13.1 Å². The molecule has 2 N–H and O–H groups in total. The maximum atomic E-state index is 11.0. The molecule has 1 atom stereocenters. The number of aliphatic carboxylic acids is 1. The van der Waals surface area contributed by atoms with Gasteiger partial charge in [-0.1, -0.05) is 20.8 Å².